The van der Waals surface area contributed by atoms with Crippen molar-refractivity contribution in [2.24, 2.45) is 9.98 Å². The van der Waals surface area contributed by atoms with E-state index in [4.69, 9.17) is 23.2 Å². The maximum Gasteiger partial charge on any atom is 0.261 e. The summed E-state index contributed by atoms with van der Waals surface area (Å²) >= 11 is 12.1. The standard InChI is InChI=1S/C16H17Cl2N5O/c1-10-13(15(24)22-12-4-2-11(17)3-5-12)14-20-7-6-19-8-9-23(14)16(18)21-10/h2-5,19H,6-9H2,1H3,(H,22,24). The van der Waals surface area contributed by atoms with Crippen LogP contribution in [0, 0.1) is 0 Å². The van der Waals surface area contributed by atoms with Gasteiger partial charge in [0.25, 0.3) is 5.91 Å². The average molecular weight is 366 g/mol. The third-order valence-electron chi connectivity index (χ3n) is 3.72. The first-order valence-electron chi connectivity index (χ1n) is 7.61. The number of amidine groups is 2. The highest BCUT2D eigenvalue weighted by Gasteiger charge is 2.30. The van der Waals surface area contributed by atoms with E-state index in [0.29, 0.717) is 46.2 Å². The Hall–Kier alpha value is -1.89. The Balaban J connectivity index is 1.92. The summed E-state index contributed by atoms with van der Waals surface area (Å²) in [5.74, 6) is 0.306. The van der Waals surface area contributed by atoms with Crippen LogP contribution in [0.4, 0.5) is 5.69 Å². The lowest BCUT2D eigenvalue weighted by atomic mass is 10.1. The van der Waals surface area contributed by atoms with Gasteiger partial charge in [0.2, 0.25) is 5.29 Å². The second kappa shape index (κ2) is 7.34. The summed E-state index contributed by atoms with van der Waals surface area (Å²) in [5, 5.41) is 7.06. The van der Waals surface area contributed by atoms with Crippen LogP contribution in [-0.4, -0.2) is 48.1 Å². The maximum atomic E-state index is 12.8. The molecule has 0 atom stereocenters. The van der Waals surface area contributed by atoms with Crippen LogP contribution in [0.3, 0.4) is 0 Å². The highest BCUT2D eigenvalue weighted by molar-refractivity contribution is 6.66. The smallest absolute Gasteiger partial charge is 0.261 e. The molecule has 1 aromatic carbocycles. The molecule has 1 aromatic rings. The minimum atomic E-state index is -0.264. The van der Waals surface area contributed by atoms with Gasteiger partial charge in [-0.15, -0.1) is 0 Å². The molecule has 0 saturated carbocycles. The first-order valence-corrected chi connectivity index (χ1v) is 8.37. The average Bonchev–Trinajstić information content (AvgIpc) is 2.51. The molecule has 3 rings (SSSR count). The maximum absolute atomic E-state index is 12.8. The van der Waals surface area contributed by atoms with E-state index in [1.807, 2.05) is 0 Å². The summed E-state index contributed by atoms with van der Waals surface area (Å²) in [6.45, 7) is 4.44. The molecule has 2 heterocycles. The molecule has 2 aliphatic heterocycles. The number of carbonyl (C=O) groups excluding carboxylic acids is 1. The number of carbonyl (C=O) groups is 1. The zero-order valence-electron chi connectivity index (χ0n) is 13.1. The number of benzene rings is 1. The molecule has 6 nitrogen and oxygen atoms in total. The van der Waals surface area contributed by atoms with Crippen molar-refractivity contribution in [1.29, 1.82) is 0 Å². The van der Waals surface area contributed by atoms with Gasteiger partial charge in [0, 0.05) is 30.3 Å². The fourth-order valence-corrected chi connectivity index (χ4v) is 2.97. The molecule has 0 aliphatic carbocycles. The lowest BCUT2D eigenvalue weighted by Crippen LogP contribution is -2.46. The summed E-state index contributed by atoms with van der Waals surface area (Å²) in [6, 6.07) is 6.94. The van der Waals surface area contributed by atoms with E-state index in [0.717, 1.165) is 13.1 Å². The lowest BCUT2D eigenvalue weighted by molar-refractivity contribution is -0.112. The fraction of sp³-hybridized carbons (Fsp3) is 0.312. The van der Waals surface area contributed by atoms with Crippen molar-refractivity contribution in [3.8, 4) is 0 Å². The van der Waals surface area contributed by atoms with Crippen LogP contribution in [-0.2, 0) is 4.79 Å². The molecular formula is C16H17Cl2N5O. The highest BCUT2D eigenvalue weighted by Crippen LogP contribution is 2.22. The number of nitrogens with zero attached hydrogens (tertiary/aromatic N) is 3. The number of nitrogens with one attached hydrogen (secondary N) is 2. The third kappa shape index (κ3) is 3.61. The monoisotopic (exact) mass is 365 g/mol. The molecule has 1 amide bonds. The number of fused-ring (bicyclic) bond motifs is 1. The van der Waals surface area contributed by atoms with Crippen LogP contribution in [0.2, 0.25) is 5.02 Å². The van der Waals surface area contributed by atoms with Crippen molar-refractivity contribution in [3.05, 3.63) is 40.6 Å². The summed E-state index contributed by atoms with van der Waals surface area (Å²) in [7, 11) is 0. The zero-order valence-corrected chi connectivity index (χ0v) is 14.7. The number of hydrogen-bond donors (Lipinski definition) is 2. The predicted octanol–water partition coefficient (Wildman–Crippen LogP) is 2.46. The van der Waals surface area contributed by atoms with Gasteiger partial charge in [-0.05, 0) is 42.8 Å². The molecule has 0 saturated heterocycles. The molecule has 0 spiro atoms. The largest absolute Gasteiger partial charge is 0.322 e. The Bertz CT molecular complexity index is 739. The third-order valence-corrected chi connectivity index (χ3v) is 4.26. The van der Waals surface area contributed by atoms with Gasteiger partial charge >= 0.3 is 0 Å². The molecule has 24 heavy (non-hydrogen) atoms. The van der Waals surface area contributed by atoms with Crippen LogP contribution in [0.15, 0.2) is 45.5 Å². The van der Waals surface area contributed by atoms with Gasteiger partial charge in [0.15, 0.2) is 0 Å². The summed E-state index contributed by atoms with van der Waals surface area (Å²) < 4.78 is 0. The Morgan fingerprint density at radius 3 is 2.75 bits per heavy atom. The Labute approximate surface area is 150 Å². The SMILES string of the molecule is CC1=C(C(=O)Nc2ccc(Cl)cc2)C2=NCCNCCN2C(Cl)=N1. The number of amides is 1. The van der Waals surface area contributed by atoms with Crippen LogP contribution < -0.4 is 10.6 Å². The normalized spacial score (nSPS) is 18.2. The summed E-state index contributed by atoms with van der Waals surface area (Å²) in [6.07, 6.45) is 0. The van der Waals surface area contributed by atoms with E-state index in [-0.39, 0.29) is 5.91 Å². The first-order chi connectivity index (χ1) is 11.6. The number of hydrogen-bond acceptors (Lipinski definition) is 5. The van der Waals surface area contributed by atoms with Crippen molar-refractivity contribution in [2.75, 3.05) is 31.5 Å². The quantitative estimate of drug-likeness (QED) is 0.791. The molecule has 0 aromatic heterocycles. The van der Waals surface area contributed by atoms with Crippen LogP contribution >= 0.6 is 23.2 Å². The van der Waals surface area contributed by atoms with E-state index in [9.17, 15) is 4.79 Å². The van der Waals surface area contributed by atoms with Crippen molar-refractivity contribution in [2.45, 2.75) is 6.92 Å². The molecule has 126 valence electrons. The Morgan fingerprint density at radius 1 is 1.25 bits per heavy atom. The minimum Gasteiger partial charge on any atom is -0.322 e. The topological polar surface area (TPSA) is 69.1 Å². The van der Waals surface area contributed by atoms with Gasteiger partial charge in [0.05, 0.1) is 12.2 Å². The van der Waals surface area contributed by atoms with E-state index >= 15 is 0 Å². The second-order valence-electron chi connectivity index (χ2n) is 5.41. The summed E-state index contributed by atoms with van der Waals surface area (Å²) in [4.78, 5) is 23.4. The van der Waals surface area contributed by atoms with Gasteiger partial charge < -0.3 is 10.6 Å². The minimum absolute atomic E-state index is 0.264. The summed E-state index contributed by atoms with van der Waals surface area (Å²) in [5.41, 5.74) is 1.65. The molecule has 2 aliphatic rings. The van der Waals surface area contributed by atoms with Crippen LogP contribution in [0.5, 0.6) is 0 Å². The molecule has 0 fully saturated rings. The highest BCUT2D eigenvalue weighted by atomic mass is 35.5. The van der Waals surface area contributed by atoms with Gasteiger partial charge in [-0.2, -0.15) is 0 Å². The lowest BCUT2D eigenvalue weighted by Gasteiger charge is -2.30. The van der Waals surface area contributed by atoms with Crippen molar-refractivity contribution in [1.82, 2.24) is 10.2 Å². The van der Waals surface area contributed by atoms with Gasteiger partial charge in [-0.3, -0.25) is 14.7 Å². The Kier molecular flexibility index (Phi) is 5.18. The number of halogens is 2. The van der Waals surface area contributed by atoms with Crippen molar-refractivity contribution in [3.63, 3.8) is 0 Å². The number of rotatable bonds is 2. The first kappa shape index (κ1) is 17.0. The number of allylic oxidation sites excluding steroid dienone is 1. The van der Waals surface area contributed by atoms with Crippen LogP contribution in [0.1, 0.15) is 6.92 Å². The molecule has 8 heteroatoms. The van der Waals surface area contributed by atoms with Crippen molar-refractivity contribution < 1.29 is 4.79 Å². The molecule has 0 unspecified atom stereocenters. The van der Waals surface area contributed by atoms with E-state index in [1.165, 1.54) is 0 Å². The molecule has 0 radical (unpaired) electrons. The van der Waals surface area contributed by atoms with Crippen LogP contribution in [0.25, 0.3) is 0 Å². The molecule has 0 bridgehead atoms. The number of anilines is 1. The van der Waals surface area contributed by atoms with Gasteiger partial charge in [0.1, 0.15) is 11.4 Å². The Morgan fingerprint density at radius 2 is 2.00 bits per heavy atom. The number of aliphatic imine (C=N–C) groups is 2. The molecule has 2 N–H and O–H groups in total. The van der Waals surface area contributed by atoms with Crippen molar-refractivity contribution >= 4 is 45.9 Å². The van der Waals surface area contributed by atoms with E-state index in [2.05, 4.69) is 20.6 Å². The fourth-order valence-electron chi connectivity index (χ4n) is 2.55. The van der Waals surface area contributed by atoms with Gasteiger partial charge in [-0.1, -0.05) is 11.6 Å². The zero-order chi connectivity index (χ0) is 17.1. The van der Waals surface area contributed by atoms with E-state index < -0.39 is 0 Å². The predicted molar refractivity (Wildman–Crippen MR) is 97.9 cm³/mol. The van der Waals surface area contributed by atoms with Gasteiger partial charge in [-0.25, -0.2) is 4.99 Å². The molecular weight excluding hydrogens is 349 g/mol. The van der Waals surface area contributed by atoms with E-state index in [1.54, 1.807) is 36.1 Å². The second-order valence-corrected chi connectivity index (χ2v) is 6.18.